The molecule has 1 aromatic carbocycles. The molecule has 1 aliphatic rings. The minimum Gasteiger partial charge on any atom is -0.377 e. The summed E-state index contributed by atoms with van der Waals surface area (Å²) in [5.41, 5.74) is 0.819. The van der Waals surface area contributed by atoms with Crippen LogP contribution in [0, 0.1) is 5.92 Å². The van der Waals surface area contributed by atoms with Crippen LogP contribution in [0.15, 0.2) is 29.2 Å². The van der Waals surface area contributed by atoms with Gasteiger partial charge >= 0.3 is 0 Å². The van der Waals surface area contributed by atoms with Gasteiger partial charge in [-0.1, -0.05) is 19.1 Å². The van der Waals surface area contributed by atoms with Crippen LogP contribution in [-0.2, 0) is 25.1 Å². The largest absolute Gasteiger partial charge is 0.377 e. The van der Waals surface area contributed by atoms with E-state index in [4.69, 9.17) is 15.4 Å². The molecular weight excluding hydrogens is 314 g/mol. The van der Waals surface area contributed by atoms with E-state index in [2.05, 4.69) is 5.32 Å². The van der Waals surface area contributed by atoms with Gasteiger partial charge in [-0.25, -0.2) is 8.42 Å². The van der Waals surface area contributed by atoms with Crippen LogP contribution in [0.3, 0.4) is 0 Å². The molecule has 7 heteroatoms. The summed E-state index contributed by atoms with van der Waals surface area (Å²) >= 11 is 0. The van der Waals surface area contributed by atoms with E-state index in [0.29, 0.717) is 13.2 Å². The van der Waals surface area contributed by atoms with E-state index in [-0.39, 0.29) is 22.8 Å². The van der Waals surface area contributed by atoms with Crippen molar-refractivity contribution >= 4 is 25.6 Å². The van der Waals surface area contributed by atoms with Gasteiger partial charge in [-0.15, -0.1) is 0 Å². The van der Waals surface area contributed by atoms with Crippen LogP contribution in [0.25, 0.3) is 0 Å². The zero-order valence-electron chi connectivity index (χ0n) is 11.7. The third kappa shape index (κ3) is 4.18. The summed E-state index contributed by atoms with van der Waals surface area (Å²) in [6.07, 6.45) is 1.56. The van der Waals surface area contributed by atoms with Gasteiger partial charge in [-0.2, -0.15) is 0 Å². The molecule has 1 saturated heterocycles. The summed E-state index contributed by atoms with van der Waals surface area (Å²) in [5.74, 6) is -0.120. The van der Waals surface area contributed by atoms with Gasteiger partial charge in [0, 0.05) is 23.8 Å². The molecule has 0 bridgehead atoms. The SMILES string of the molecule is CCC1OCCC1C(=O)NCc1ccc(S(=O)(=O)Cl)cc1. The van der Waals surface area contributed by atoms with Crippen molar-refractivity contribution in [3.8, 4) is 0 Å². The smallest absolute Gasteiger partial charge is 0.261 e. The fourth-order valence-electron chi connectivity index (χ4n) is 2.44. The van der Waals surface area contributed by atoms with E-state index >= 15 is 0 Å². The molecule has 1 N–H and O–H groups in total. The highest BCUT2D eigenvalue weighted by atomic mass is 35.7. The predicted molar refractivity (Wildman–Crippen MR) is 79.5 cm³/mol. The minimum atomic E-state index is -3.71. The lowest BCUT2D eigenvalue weighted by atomic mass is 9.98. The standard InChI is InChI=1S/C14H18ClNO4S/c1-2-13-12(7-8-20-13)14(17)16-9-10-3-5-11(6-4-10)21(15,18)19/h3-6,12-13H,2,7-9H2,1H3,(H,16,17). The Hall–Kier alpha value is -1.11. The molecule has 21 heavy (non-hydrogen) atoms. The minimum absolute atomic E-state index is 0.00577. The number of rotatable bonds is 5. The van der Waals surface area contributed by atoms with Gasteiger partial charge in [0.1, 0.15) is 0 Å². The Morgan fingerprint density at radius 2 is 2.05 bits per heavy atom. The number of nitrogens with one attached hydrogen (secondary N) is 1. The average Bonchev–Trinajstić information content (AvgIpc) is 2.92. The number of carbonyl (C=O) groups is 1. The molecule has 1 heterocycles. The van der Waals surface area contributed by atoms with Crippen LogP contribution in [0.4, 0.5) is 0 Å². The zero-order valence-corrected chi connectivity index (χ0v) is 13.3. The fourth-order valence-corrected chi connectivity index (χ4v) is 3.21. The van der Waals surface area contributed by atoms with Crippen molar-refractivity contribution in [2.75, 3.05) is 6.61 Å². The van der Waals surface area contributed by atoms with Crippen molar-refractivity contribution in [3.05, 3.63) is 29.8 Å². The monoisotopic (exact) mass is 331 g/mol. The van der Waals surface area contributed by atoms with Crippen molar-refractivity contribution < 1.29 is 17.9 Å². The average molecular weight is 332 g/mol. The molecule has 0 aromatic heterocycles. The molecule has 1 fully saturated rings. The molecule has 1 aromatic rings. The molecule has 1 amide bonds. The highest BCUT2D eigenvalue weighted by Crippen LogP contribution is 2.23. The molecule has 1 aliphatic heterocycles. The number of benzene rings is 1. The highest BCUT2D eigenvalue weighted by molar-refractivity contribution is 8.13. The summed E-state index contributed by atoms with van der Waals surface area (Å²) in [5, 5.41) is 2.86. The molecule has 0 aliphatic carbocycles. The quantitative estimate of drug-likeness (QED) is 0.838. The lowest BCUT2D eigenvalue weighted by Gasteiger charge is -2.16. The first-order valence-electron chi connectivity index (χ1n) is 6.84. The Morgan fingerprint density at radius 3 is 2.62 bits per heavy atom. The maximum Gasteiger partial charge on any atom is 0.261 e. The van der Waals surface area contributed by atoms with Gasteiger partial charge in [-0.3, -0.25) is 4.79 Å². The predicted octanol–water partition coefficient (Wildman–Crippen LogP) is 2.05. The Kier molecular flexibility index (Phi) is 5.24. The lowest BCUT2D eigenvalue weighted by Crippen LogP contribution is -2.34. The summed E-state index contributed by atoms with van der Waals surface area (Å²) in [7, 11) is 1.54. The Labute approximate surface area is 129 Å². The van der Waals surface area contributed by atoms with Crippen molar-refractivity contribution in [1.82, 2.24) is 5.32 Å². The van der Waals surface area contributed by atoms with Gasteiger partial charge in [-0.05, 0) is 30.5 Å². The third-order valence-electron chi connectivity index (χ3n) is 3.62. The molecule has 2 unspecified atom stereocenters. The van der Waals surface area contributed by atoms with Gasteiger partial charge in [0.15, 0.2) is 0 Å². The van der Waals surface area contributed by atoms with Crippen LogP contribution >= 0.6 is 10.7 Å². The van der Waals surface area contributed by atoms with E-state index in [0.717, 1.165) is 18.4 Å². The number of hydrogen-bond acceptors (Lipinski definition) is 4. The van der Waals surface area contributed by atoms with E-state index < -0.39 is 9.05 Å². The number of hydrogen-bond donors (Lipinski definition) is 1. The number of halogens is 1. The second-order valence-electron chi connectivity index (χ2n) is 5.01. The van der Waals surface area contributed by atoms with Crippen LogP contribution < -0.4 is 5.32 Å². The number of carbonyl (C=O) groups excluding carboxylic acids is 1. The van der Waals surface area contributed by atoms with Crippen molar-refractivity contribution in [2.45, 2.75) is 37.3 Å². The first-order chi connectivity index (χ1) is 9.91. The normalized spacial score (nSPS) is 22.2. The molecule has 0 saturated carbocycles. The van der Waals surface area contributed by atoms with Gasteiger partial charge in [0.2, 0.25) is 5.91 Å². The Balaban J connectivity index is 1.92. The second kappa shape index (κ2) is 6.77. The molecule has 0 radical (unpaired) electrons. The summed E-state index contributed by atoms with van der Waals surface area (Å²) in [6.45, 7) is 2.98. The van der Waals surface area contributed by atoms with Crippen LogP contribution in [0.5, 0.6) is 0 Å². The van der Waals surface area contributed by atoms with Gasteiger partial charge in [0.25, 0.3) is 9.05 Å². The van der Waals surface area contributed by atoms with Crippen molar-refractivity contribution in [3.63, 3.8) is 0 Å². The first kappa shape index (κ1) is 16.3. The maximum absolute atomic E-state index is 12.1. The topological polar surface area (TPSA) is 72.5 Å². The zero-order chi connectivity index (χ0) is 15.5. The third-order valence-corrected chi connectivity index (χ3v) is 4.99. The summed E-state index contributed by atoms with van der Waals surface area (Å²) in [4.78, 5) is 12.2. The van der Waals surface area contributed by atoms with Crippen LogP contribution in [-0.4, -0.2) is 27.0 Å². The van der Waals surface area contributed by atoms with Crippen LogP contribution in [0.2, 0.25) is 0 Å². The molecule has 2 rings (SSSR count). The number of ether oxygens (including phenoxy) is 1. The van der Waals surface area contributed by atoms with E-state index in [1.807, 2.05) is 6.92 Å². The Bertz CT molecular complexity index is 600. The fraction of sp³-hybridized carbons (Fsp3) is 0.500. The molecule has 0 spiro atoms. The second-order valence-corrected chi connectivity index (χ2v) is 7.58. The lowest BCUT2D eigenvalue weighted by molar-refractivity contribution is -0.126. The van der Waals surface area contributed by atoms with Gasteiger partial charge in [0.05, 0.1) is 16.9 Å². The summed E-state index contributed by atoms with van der Waals surface area (Å²) in [6, 6.07) is 6.13. The molecule has 2 atom stereocenters. The molecular formula is C14H18ClNO4S. The van der Waals surface area contributed by atoms with Crippen LogP contribution in [0.1, 0.15) is 25.3 Å². The maximum atomic E-state index is 12.1. The van der Waals surface area contributed by atoms with E-state index in [9.17, 15) is 13.2 Å². The summed E-state index contributed by atoms with van der Waals surface area (Å²) < 4.78 is 27.8. The van der Waals surface area contributed by atoms with Crippen molar-refractivity contribution in [1.29, 1.82) is 0 Å². The number of amides is 1. The molecule has 5 nitrogen and oxygen atoms in total. The highest BCUT2D eigenvalue weighted by Gasteiger charge is 2.32. The van der Waals surface area contributed by atoms with E-state index in [1.54, 1.807) is 12.1 Å². The van der Waals surface area contributed by atoms with Gasteiger partial charge < -0.3 is 10.1 Å². The molecule has 116 valence electrons. The Morgan fingerprint density at radius 1 is 1.38 bits per heavy atom. The first-order valence-corrected chi connectivity index (χ1v) is 9.15. The van der Waals surface area contributed by atoms with Crippen molar-refractivity contribution in [2.24, 2.45) is 5.92 Å². The van der Waals surface area contributed by atoms with E-state index in [1.165, 1.54) is 12.1 Å².